The third-order valence-corrected chi connectivity index (χ3v) is 7.99. The van der Waals surface area contributed by atoms with Crippen molar-refractivity contribution < 1.29 is 0 Å². The van der Waals surface area contributed by atoms with E-state index in [1.165, 1.54) is 41.5 Å². The molecule has 2 aromatic carbocycles. The van der Waals surface area contributed by atoms with E-state index in [0.29, 0.717) is 5.56 Å². The number of hydrogen-bond donors (Lipinski definition) is 1. The van der Waals surface area contributed by atoms with Crippen molar-refractivity contribution in [3.63, 3.8) is 0 Å². The van der Waals surface area contributed by atoms with Gasteiger partial charge in [0, 0.05) is 24.2 Å². The average Bonchev–Trinajstić information content (AvgIpc) is 3.36. The highest BCUT2D eigenvalue weighted by Gasteiger charge is 2.34. The van der Waals surface area contributed by atoms with Gasteiger partial charge in [-0.15, -0.1) is 5.10 Å². The fourth-order valence-corrected chi connectivity index (χ4v) is 5.90. The molecule has 0 radical (unpaired) electrons. The SMILES string of the molecule is Cc1cc2cc([C@H](c3nnnn3C3CCCCC3)N3CCc4ccccc4C3)c(=O)[nH]c2cc1C. The first kappa shape index (κ1) is 22.2. The van der Waals surface area contributed by atoms with Gasteiger partial charge in [-0.1, -0.05) is 43.5 Å². The van der Waals surface area contributed by atoms with Crippen LogP contribution >= 0.6 is 0 Å². The Morgan fingerprint density at radius 3 is 2.60 bits per heavy atom. The zero-order valence-electron chi connectivity index (χ0n) is 20.5. The predicted molar refractivity (Wildman–Crippen MR) is 136 cm³/mol. The number of nitrogens with one attached hydrogen (secondary N) is 1. The summed E-state index contributed by atoms with van der Waals surface area (Å²) in [5.74, 6) is 0.782. The first-order chi connectivity index (χ1) is 17.1. The van der Waals surface area contributed by atoms with E-state index in [1.807, 2.05) is 4.68 Å². The van der Waals surface area contributed by atoms with Gasteiger partial charge in [0.25, 0.3) is 5.56 Å². The van der Waals surface area contributed by atoms with E-state index in [4.69, 9.17) is 0 Å². The fourth-order valence-electron chi connectivity index (χ4n) is 5.90. The monoisotopic (exact) mass is 468 g/mol. The number of benzene rings is 2. The van der Waals surface area contributed by atoms with E-state index in [9.17, 15) is 4.79 Å². The largest absolute Gasteiger partial charge is 0.322 e. The number of fused-ring (bicyclic) bond motifs is 2. The lowest BCUT2D eigenvalue weighted by atomic mass is 9.93. The van der Waals surface area contributed by atoms with Gasteiger partial charge in [-0.2, -0.15) is 0 Å². The Morgan fingerprint density at radius 2 is 1.77 bits per heavy atom. The number of aromatic amines is 1. The van der Waals surface area contributed by atoms with E-state index in [1.54, 1.807) is 0 Å². The fraction of sp³-hybridized carbons (Fsp3) is 0.429. The van der Waals surface area contributed by atoms with Crippen molar-refractivity contribution in [2.75, 3.05) is 6.54 Å². The summed E-state index contributed by atoms with van der Waals surface area (Å²) < 4.78 is 2.02. The molecule has 1 saturated carbocycles. The van der Waals surface area contributed by atoms with Crippen molar-refractivity contribution >= 4 is 10.9 Å². The molecule has 180 valence electrons. The molecule has 7 heteroatoms. The lowest BCUT2D eigenvalue weighted by Gasteiger charge is -2.35. The van der Waals surface area contributed by atoms with E-state index in [0.717, 1.165) is 49.1 Å². The van der Waals surface area contributed by atoms with E-state index < -0.39 is 0 Å². The molecule has 3 heterocycles. The second-order valence-electron chi connectivity index (χ2n) is 10.2. The third kappa shape index (κ3) is 4.08. The minimum atomic E-state index is -0.310. The summed E-state index contributed by atoms with van der Waals surface area (Å²) in [6.45, 7) is 5.81. The number of rotatable bonds is 4. The van der Waals surface area contributed by atoms with Gasteiger partial charge in [-0.25, -0.2) is 4.68 Å². The van der Waals surface area contributed by atoms with Crippen molar-refractivity contribution in [2.45, 2.75) is 71.0 Å². The zero-order valence-corrected chi connectivity index (χ0v) is 20.5. The summed E-state index contributed by atoms with van der Waals surface area (Å²) in [6, 6.07) is 14.9. The molecule has 1 N–H and O–H groups in total. The average molecular weight is 469 g/mol. The van der Waals surface area contributed by atoms with Gasteiger partial charge < -0.3 is 4.98 Å². The van der Waals surface area contributed by atoms with Crippen LogP contribution < -0.4 is 5.56 Å². The van der Waals surface area contributed by atoms with Crippen LogP contribution in [0.2, 0.25) is 0 Å². The molecule has 2 aliphatic rings. The van der Waals surface area contributed by atoms with E-state index in [2.05, 4.69) is 81.7 Å². The molecule has 1 atom stereocenters. The van der Waals surface area contributed by atoms with Gasteiger partial charge >= 0.3 is 0 Å². The quantitative estimate of drug-likeness (QED) is 0.466. The van der Waals surface area contributed by atoms with Crippen LogP contribution in [0, 0.1) is 13.8 Å². The minimum absolute atomic E-state index is 0.0668. The van der Waals surface area contributed by atoms with Gasteiger partial charge in [-0.05, 0) is 89.4 Å². The van der Waals surface area contributed by atoms with Crippen molar-refractivity contribution in [3.05, 3.63) is 86.5 Å². The van der Waals surface area contributed by atoms with Crippen LogP contribution in [0.4, 0.5) is 0 Å². The molecule has 0 bridgehead atoms. The highest BCUT2D eigenvalue weighted by molar-refractivity contribution is 5.81. The maximum absolute atomic E-state index is 13.6. The van der Waals surface area contributed by atoms with Gasteiger partial charge in [0.2, 0.25) is 0 Å². The minimum Gasteiger partial charge on any atom is -0.322 e. The van der Waals surface area contributed by atoms with Crippen molar-refractivity contribution in [2.24, 2.45) is 0 Å². The lowest BCUT2D eigenvalue weighted by Crippen LogP contribution is -2.39. The molecule has 0 saturated heterocycles. The Hall–Kier alpha value is -3.32. The van der Waals surface area contributed by atoms with Crippen LogP contribution in [0.15, 0.2) is 47.3 Å². The van der Waals surface area contributed by atoms with Gasteiger partial charge in [0.05, 0.1) is 6.04 Å². The van der Waals surface area contributed by atoms with Crippen LogP contribution in [0.3, 0.4) is 0 Å². The molecule has 0 amide bonds. The summed E-state index contributed by atoms with van der Waals surface area (Å²) in [4.78, 5) is 19.1. The Kier molecular flexibility index (Phi) is 5.72. The van der Waals surface area contributed by atoms with Crippen LogP contribution in [-0.4, -0.2) is 36.6 Å². The Morgan fingerprint density at radius 1 is 1.00 bits per heavy atom. The first-order valence-electron chi connectivity index (χ1n) is 12.8. The third-order valence-electron chi connectivity index (χ3n) is 7.99. The molecular weight excluding hydrogens is 436 g/mol. The molecule has 35 heavy (non-hydrogen) atoms. The molecule has 0 unspecified atom stereocenters. The lowest BCUT2D eigenvalue weighted by molar-refractivity contribution is 0.187. The normalized spacial score (nSPS) is 18.0. The highest BCUT2D eigenvalue weighted by Crippen LogP contribution is 2.35. The second-order valence-corrected chi connectivity index (χ2v) is 10.2. The number of pyridine rings is 1. The predicted octanol–water partition coefficient (Wildman–Crippen LogP) is 4.78. The van der Waals surface area contributed by atoms with Crippen molar-refractivity contribution in [1.29, 1.82) is 0 Å². The van der Waals surface area contributed by atoms with E-state index in [-0.39, 0.29) is 17.6 Å². The van der Waals surface area contributed by atoms with Crippen LogP contribution in [0.1, 0.15) is 77.8 Å². The number of H-pyrrole nitrogens is 1. The molecule has 7 nitrogen and oxygen atoms in total. The number of hydrogen-bond acceptors (Lipinski definition) is 5. The highest BCUT2D eigenvalue weighted by atomic mass is 16.1. The summed E-state index contributed by atoms with van der Waals surface area (Å²) in [5, 5.41) is 14.2. The molecular formula is C28H32N6O. The summed E-state index contributed by atoms with van der Waals surface area (Å²) in [7, 11) is 0. The number of tetrazole rings is 1. The van der Waals surface area contributed by atoms with Crippen LogP contribution in [0.5, 0.6) is 0 Å². The smallest absolute Gasteiger partial charge is 0.253 e. The van der Waals surface area contributed by atoms with Gasteiger partial charge in [-0.3, -0.25) is 9.69 Å². The number of aromatic nitrogens is 5. The topological polar surface area (TPSA) is 79.7 Å². The summed E-state index contributed by atoms with van der Waals surface area (Å²) in [6.07, 6.45) is 6.77. The Bertz CT molecular complexity index is 1430. The summed E-state index contributed by atoms with van der Waals surface area (Å²) in [5.41, 5.74) is 6.60. The van der Waals surface area contributed by atoms with Crippen molar-refractivity contribution in [3.8, 4) is 0 Å². The zero-order chi connectivity index (χ0) is 23.9. The van der Waals surface area contributed by atoms with Crippen molar-refractivity contribution in [1.82, 2.24) is 30.1 Å². The molecule has 1 fully saturated rings. The molecule has 6 rings (SSSR count). The number of aryl methyl sites for hydroxylation is 2. The molecule has 1 aliphatic heterocycles. The standard InChI is InChI=1S/C28H32N6O/c1-18-14-22-16-24(28(35)29-25(22)15-19(18)2)26(33-13-12-20-8-6-7-9-21(20)17-33)27-30-31-32-34(27)23-10-4-3-5-11-23/h6-9,14-16,23,26H,3-5,10-13,17H2,1-2H3,(H,29,35)/t26-/m1/s1. The maximum Gasteiger partial charge on any atom is 0.253 e. The van der Waals surface area contributed by atoms with E-state index >= 15 is 0 Å². The first-order valence-corrected chi connectivity index (χ1v) is 12.8. The second kappa shape index (κ2) is 9.04. The number of nitrogens with zero attached hydrogens (tertiary/aromatic N) is 5. The van der Waals surface area contributed by atoms with Crippen LogP contribution in [0.25, 0.3) is 10.9 Å². The molecule has 4 aromatic rings. The maximum atomic E-state index is 13.6. The Labute approximate surface area is 205 Å². The molecule has 1 aliphatic carbocycles. The van der Waals surface area contributed by atoms with Crippen LogP contribution in [-0.2, 0) is 13.0 Å². The van der Waals surface area contributed by atoms with Gasteiger partial charge in [0.1, 0.15) is 6.04 Å². The molecule has 0 spiro atoms. The summed E-state index contributed by atoms with van der Waals surface area (Å²) >= 11 is 0. The Balaban J connectivity index is 1.50. The molecule has 2 aromatic heterocycles. The van der Waals surface area contributed by atoms with Gasteiger partial charge in [0.15, 0.2) is 5.82 Å².